The summed E-state index contributed by atoms with van der Waals surface area (Å²) in [6.45, 7) is 12.0. The van der Waals surface area contributed by atoms with Gasteiger partial charge in [0.05, 0.1) is 64.6 Å². The van der Waals surface area contributed by atoms with E-state index in [0.29, 0.717) is 32.7 Å². The zero-order valence-electron chi connectivity index (χ0n) is 26.5. The summed E-state index contributed by atoms with van der Waals surface area (Å²) in [4.78, 5) is 0. The van der Waals surface area contributed by atoms with Crippen molar-refractivity contribution in [2.75, 3.05) is 59.5 Å². The first-order valence-electron chi connectivity index (χ1n) is 14.9. The average molecular weight is 606 g/mol. The summed E-state index contributed by atoms with van der Waals surface area (Å²) in [5.74, 6) is -1.20. The lowest BCUT2D eigenvalue weighted by Gasteiger charge is -2.43. The van der Waals surface area contributed by atoms with Crippen molar-refractivity contribution in [3.63, 3.8) is 0 Å². The Morgan fingerprint density at radius 3 is 2.10 bits per heavy atom. The van der Waals surface area contributed by atoms with Gasteiger partial charge in [-0.05, 0) is 45.7 Å². The van der Waals surface area contributed by atoms with E-state index in [9.17, 15) is 14.6 Å². The normalized spacial score (nSPS) is 18.1. The van der Waals surface area contributed by atoms with Crippen LogP contribution in [0.5, 0.6) is 5.75 Å². The molecule has 0 aliphatic carbocycles. The molecule has 0 spiro atoms. The van der Waals surface area contributed by atoms with E-state index in [1.54, 1.807) is 6.92 Å². The number of halogens is 1. The summed E-state index contributed by atoms with van der Waals surface area (Å²) in [5.41, 5.74) is 4.32. The van der Waals surface area contributed by atoms with Crippen LogP contribution in [0, 0.1) is 5.41 Å². The SMILES string of the molecule is CCC(C)(CCOCC(O)CO)OCC(C)(C)C(C)(N)OCCC(C)(F)OCCOCC(O)CCOc1ccccc1. The van der Waals surface area contributed by atoms with Crippen molar-refractivity contribution < 1.29 is 48.1 Å². The maximum Gasteiger partial charge on any atom is 0.208 e. The first-order chi connectivity index (χ1) is 19.7. The first-order valence-corrected chi connectivity index (χ1v) is 14.9. The predicted molar refractivity (Wildman–Crippen MR) is 159 cm³/mol. The van der Waals surface area contributed by atoms with Crippen LogP contribution in [0.25, 0.3) is 0 Å². The highest BCUT2D eigenvalue weighted by molar-refractivity contribution is 5.20. The van der Waals surface area contributed by atoms with Crippen LogP contribution < -0.4 is 10.5 Å². The summed E-state index contributed by atoms with van der Waals surface area (Å²) < 4.78 is 48.8. The maximum absolute atomic E-state index is 14.9. The molecule has 1 rings (SSSR count). The Morgan fingerprint density at radius 1 is 0.810 bits per heavy atom. The summed E-state index contributed by atoms with van der Waals surface area (Å²) >= 11 is 0. The maximum atomic E-state index is 14.9. The second kappa shape index (κ2) is 19.1. The number of hydrogen-bond donors (Lipinski definition) is 4. The molecule has 0 aliphatic rings. The molecule has 42 heavy (non-hydrogen) atoms. The van der Waals surface area contributed by atoms with E-state index in [-0.39, 0.29) is 46.1 Å². The van der Waals surface area contributed by atoms with E-state index in [4.69, 9.17) is 39.3 Å². The molecule has 0 bridgehead atoms. The highest BCUT2D eigenvalue weighted by atomic mass is 19.2. The Labute approximate surface area is 251 Å². The second-order valence-corrected chi connectivity index (χ2v) is 12.0. The molecule has 0 saturated carbocycles. The zero-order chi connectivity index (χ0) is 31.7. The first kappa shape index (κ1) is 38.6. The van der Waals surface area contributed by atoms with Crippen LogP contribution in [0.15, 0.2) is 30.3 Å². The Bertz CT molecular complexity index is 828. The molecule has 5 unspecified atom stereocenters. The number of alkyl halides is 1. The van der Waals surface area contributed by atoms with E-state index in [0.717, 1.165) is 12.2 Å². The van der Waals surface area contributed by atoms with E-state index in [2.05, 4.69) is 0 Å². The second-order valence-electron chi connectivity index (χ2n) is 12.0. The van der Waals surface area contributed by atoms with Crippen LogP contribution in [0.3, 0.4) is 0 Å². The fourth-order valence-corrected chi connectivity index (χ4v) is 3.57. The van der Waals surface area contributed by atoms with Gasteiger partial charge in [0.1, 0.15) is 17.6 Å². The van der Waals surface area contributed by atoms with Gasteiger partial charge in [-0.15, -0.1) is 0 Å². The van der Waals surface area contributed by atoms with Crippen molar-refractivity contribution in [3.05, 3.63) is 30.3 Å². The number of nitrogens with two attached hydrogens (primary N) is 1. The van der Waals surface area contributed by atoms with E-state index in [1.165, 1.54) is 6.92 Å². The van der Waals surface area contributed by atoms with Gasteiger partial charge in [0.25, 0.3) is 0 Å². The Hall–Kier alpha value is -1.41. The summed E-state index contributed by atoms with van der Waals surface area (Å²) in [6, 6.07) is 9.36. The predicted octanol–water partition coefficient (Wildman–Crippen LogP) is 3.59. The zero-order valence-corrected chi connectivity index (χ0v) is 26.5. The Kier molecular flexibility index (Phi) is 17.5. The monoisotopic (exact) mass is 605 g/mol. The molecule has 246 valence electrons. The quantitative estimate of drug-likeness (QED) is 0.0965. The molecule has 5 N–H and O–H groups in total. The van der Waals surface area contributed by atoms with E-state index in [1.807, 2.05) is 58.0 Å². The lowest BCUT2D eigenvalue weighted by Crippen LogP contribution is -2.55. The molecule has 0 radical (unpaired) electrons. The fraction of sp³-hybridized carbons (Fsp3) is 0.806. The van der Waals surface area contributed by atoms with Crippen LogP contribution in [0.4, 0.5) is 4.39 Å². The summed E-state index contributed by atoms with van der Waals surface area (Å²) in [5, 5.41) is 28.4. The van der Waals surface area contributed by atoms with Gasteiger partial charge in [-0.25, -0.2) is 4.39 Å². The number of aliphatic hydroxyl groups excluding tert-OH is 3. The topological polar surface area (TPSA) is 142 Å². The van der Waals surface area contributed by atoms with Crippen LogP contribution >= 0.6 is 0 Å². The lowest BCUT2D eigenvalue weighted by atomic mass is 9.82. The summed E-state index contributed by atoms with van der Waals surface area (Å²) in [7, 11) is 0. The minimum absolute atomic E-state index is 0.0255. The molecular formula is C31H56FNO9. The Balaban J connectivity index is 2.30. The minimum Gasteiger partial charge on any atom is -0.493 e. The smallest absolute Gasteiger partial charge is 0.208 e. The van der Waals surface area contributed by atoms with Gasteiger partial charge in [0.15, 0.2) is 0 Å². The van der Waals surface area contributed by atoms with E-state index >= 15 is 0 Å². The summed E-state index contributed by atoms with van der Waals surface area (Å²) in [6.07, 6.45) is 0.134. The van der Waals surface area contributed by atoms with Crippen LogP contribution in [0.2, 0.25) is 0 Å². The number of aliphatic hydroxyl groups is 3. The minimum atomic E-state index is -1.94. The number of benzene rings is 1. The van der Waals surface area contributed by atoms with E-state index < -0.39 is 34.8 Å². The number of rotatable bonds is 25. The van der Waals surface area contributed by atoms with Gasteiger partial charge in [-0.1, -0.05) is 39.0 Å². The van der Waals surface area contributed by atoms with Gasteiger partial charge in [0.2, 0.25) is 5.85 Å². The standard InChI is InChI=1S/C31H56FNO9/c1-7-29(4,14-17-37-23-26(36)21-34)42-24-28(2,3)31(6,33)41-18-15-30(5,32)40-20-19-38-22-25(35)13-16-39-27-11-9-8-10-12-27/h8-12,25-26,34-36H,7,13-24,33H2,1-6H3. The number of ether oxygens (including phenoxy) is 6. The van der Waals surface area contributed by atoms with Gasteiger partial charge >= 0.3 is 0 Å². The van der Waals surface area contributed by atoms with Crippen molar-refractivity contribution in [2.24, 2.45) is 11.1 Å². The van der Waals surface area contributed by atoms with Crippen LogP contribution in [0.1, 0.15) is 67.2 Å². The van der Waals surface area contributed by atoms with Crippen molar-refractivity contribution in [2.45, 2.75) is 96.6 Å². The third-order valence-corrected chi connectivity index (χ3v) is 7.52. The number of hydrogen-bond acceptors (Lipinski definition) is 10. The lowest BCUT2D eigenvalue weighted by molar-refractivity contribution is -0.188. The molecule has 1 aromatic carbocycles. The molecule has 0 aliphatic heterocycles. The molecular weight excluding hydrogens is 549 g/mol. The van der Waals surface area contributed by atoms with Gasteiger partial charge in [-0.3, -0.25) is 0 Å². The van der Waals surface area contributed by atoms with Crippen LogP contribution in [-0.2, 0) is 23.7 Å². The molecule has 11 heteroatoms. The van der Waals surface area contributed by atoms with Gasteiger partial charge in [0, 0.05) is 24.9 Å². The fourth-order valence-electron chi connectivity index (χ4n) is 3.57. The average Bonchev–Trinajstić information content (AvgIpc) is 2.94. The Morgan fingerprint density at radius 2 is 1.45 bits per heavy atom. The molecule has 0 fully saturated rings. The molecule has 0 saturated heterocycles. The molecule has 0 amide bonds. The van der Waals surface area contributed by atoms with Gasteiger partial charge < -0.3 is 49.5 Å². The van der Waals surface area contributed by atoms with Crippen molar-refractivity contribution >= 4 is 0 Å². The number of para-hydroxylation sites is 1. The molecule has 0 heterocycles. The highest BCUT2D eigenvalue weighted by Gasteiger charge is 2.41. The molecule has 10 nitrogen and oxygen atoms in total. The molecule has 5 atom stereocenters. The highest BCUT2D eigenvalue weighted by Crippen LogP contribution is 2.34. The molecule has 0 aromatic heterocycles. The van der Waals surface area contributed by atoms with Crippen molar-refractivity contribution in [3.8, 4) is 5.75 Å². The van der Waals surface area contributed by atoms with Crippen molar-refractivity contribution in [1.29, 1.82) is 0 Å². The third-order valence-electron chi connectivity index (χ3n) is 7.52. The van der Waals surface area contributed by atoms with Gasteiger partial charge in [-0.2, -0.15) is 0 Å². The van der Waals surface area contributed by atoms with Crippen LogP contribution in [-0.4, -0.2) is 104 Å². The largest absolute Gasteiger partial charge is 0.493 e. The molecule has 1 aromatic rings. The van der Waals surface area contributed by atoms with Crippen molar-refractivity contribution in [1.82, 2.24) is 0 Å². The third kappa shape index (κ3) is 15.9.